The van der Waals surface area contributed by atoms with E-state index < -0.39 is 10.9 Å². The first-order chi connectivity index (χ1) is 9.95. The zero-order valence-electron chi connectivity index (χ0n) is 11.2. The van der Waals surface area contributed by atoms with Crippen LogP contribution < -0.4 is 0 Å². The van der Waals surface area contributed by atoms with Crippen LogP contribution in [0.1, 0.15) is 19.2 Å². The van der Waals surface area contributed by atoms with Crippen molar-refractivity contribution in [2.75, 3.05) is 0 Å². The summed E-state index contributed by atoms with van der Waals surface area (Å²) in [6, 6.07) is 5.88. The van der Waals surface area contributed by atoms with Crippen LogP contribution in [0.3, 0.4) is 0 Å². The number of carboxylic acid groups (broad SMARTS) is 1. The van der Waals surface area contributed by atoms with Crippen molar-refractivity contribution in [1.29, 1.82) is 0 Å². The fourth-order valence-electron chi connectivity index (χ4n) is 1.87. The molecule has 21 heavy (non-hydrogen) atoms. The molecule has 0 spiro atoms. The number of nitro groups is 1. The molecule has 1 aromatic carbocycles. The maximum Gasteiger partial charge on any atom is 0.303 e. The van der Waals surface area contributed by atoms with Crippen LogP contribution >= 0.6 is 0 Å². The Labute approximate surface area is 119 Å². The van der Waals surface area contributed by atoms with Crippen molar-refractivity contribution in [2.45, 2.75) is 19.8 Å². The smallest absolute Gasteiger partial charge is 0.303 e. The second-order valence-electron chi connectivity index (χ2n) is 4.72. The maximum atomic E-state index is 10.7. The molecule has 1 unspecified atom stereocenters. The van der Waals surface area contributed by atoms with Gasteiger partial charge in [0.25, 0.3) is 5.69 Å². The highest BCUT2D eigenvalue weighted by molar-refractivity contribution is 5.67. The van der Waals surface area contributed by atoms with Gasteiger partial charge in [0.05, 0.1) is 4.92 Å². The minimum atomic E-state index is -0.888. The van der Waals surface area contributed by atoms with Crippen molar-refractivity contribution in [1.82, 2.24) is 10.2 Å². The monoisotopic (exact) mass is 291 g/mol. The largest absolute Gasteiger partial charge is 0.481 e. The molecular formula is C13H13N3O5. The molecule has 1 atom stereocenters. The van der Waals surface area contributed by atoms with E-state index in [4.69, 9.17) is 9.52 Å². The summed E-state index contributed by atoms with van der Waals surface area (Å²) in [4.78, 5) is 20.8. The molecule has 1 N–H and O–H groups in total. The number of hydrogen-bond acceptors (Lipinski definition) is 6. The molecule has 8 heteroatoms. The third-order valence-corrected chi connectivity index (χ3v) is 2.82. The summed E-state index contributed by atoms with van der Waals surface area (Å²) in [6.45, 7) is 1.77. The van der Waals surface area contributed by atoms with Crippen LogP contribution in [0.15, 0.2) is 28.7 Å². The van der Waals surface area contributed by atoms with Crippen LogP contribution in [0.25, 0.3) is 11.5 Å². The van der Waals surface area contributed by atoms with Crippen molar-refractivity contribution < 1.29 is 19.2 Å². The fourth-order valence-corrected chi connectivity index (χ4v) is 1.87. The SMILES string of the molecule is CC(CC(=O)O)Cc1nnc(-c2cccc([N+](=O)[O-])c2)o1. The van der Waals surface area contributed by atoms with E-state index >= 15 is 0 Å². The average Bonchev–Trinajstić information content (AvgIpc) is 2.86. The molecule has 2 aromatic rings. The lowest BCUT2D eigenvalue weighted by atomic mass is 10.0. The molecule has 0 saturated heterocycles. The third-order valence-electron chi connectivity index (χ3n) is 2.82. The van der Waals surface area contributed by atoms with Gasteiger partial charge in [0.2, 0.25) is 11.8 Å². The van der Waals surface area contributed by atoms with Gasteiger partial charge in [-0.3, -0.25) is 14.9 Å². The van der Waals surface area contributed by atoms with Gasteiger partial charge in [0.15, 0.2) is 0 Å². The molecule has 8 nitrogen and oxygen atoms in total. The van der Waals surface area contributed by atoms with Crippen molar-refractivity contribution in [2.24, 2.45) is 5.92 Å². The summed E-state index contributed by atoms with van der Waals surface area (Å²) in [5.41, 5.74) is 0.389. The van der Waals surface area contributed by atoms with Gasteiger partial charge in [-0.05, 0) is 12.0 Å². The van der Waals surface area contributed by atoms with E-state index in [1.54, 1.807) is 13.0 Å². The van der Waals surface area contributed by atoms with Crippen LogP contribution in [-0.4, -0.2) is 26.2 Å². The Balaban J connectivity index is 2.14. The number of benzene rings is 1. The molecule has 0 saturated carbocycles. The zero-order chi connectivity index (χ0) is 15.4. The predicted molar refractivity (Wildman–Crippen MR) is 71.5 cm³/mol. The van der Waals surface area contributed by atoms with Crippen molar-refractivity contribution >= 4 is 11.7 Å². The molecule has 0 amide bonds. The highest BCUT2D eigenvalue weighted by Gasteiger charge is 2.15. The van der Waals surface area contributed by atoms with E-state index in [2.05, 4.69) is 10.2 Å². The lowest BCUT2D eigenvalue weighted by Gasteiger charge is -2.03. The Kier molecular flexibility index (Phi) is 4.27. The van der Waals surface area contributed by atoms with Gasteiger partial charge in [-0.25, -0.2) is 0 Å². The van der Waals surface area contributed by atoms with Crippen LogP contribution in [-0.2, 0) is 11.2 Å². The first kappa shape index (κ1) is 14.6. The number of rotatable bonds is 6. The van der Waals surface area contributed by atoms with Crippen LogP contribution in [0.5, 0.6) is 0 Å². The Morgan fingerprint density at radius 3 is 2.90 bits per heavy atom. The first-order valence-corrected chi connectivity index (χ1v) is 6.24. The summed E-state index contributed by atoms with van der Waals surface area (Å²) in [7, 11) is 0. The van der Waals surface area contributed by atoms with E-state index in [-0.39, 0.29) is 23.9 Å². The quantitative estimate of drug-likeness (QED) is 0.640. The Hall–Kier alpha value is -2.77. The standard InChI is InChI=1S/C13H13N3O5/c1-8(6-12(17)18)5-11-14-15-13(21-11)9-3-2-4-10(7-9)16(19)20/h2-4,7-8H,5-6H2,1H3,(H,17,18). The highest BCUT2D eigenvalue weighted by Crippen LogP contribution is 2.23. The molecule has 1 heterocycles. The molecule has 0 aliphatic carbocycles. The molecule has 0 bridgehead atoms. The lowest BCUT2D eigenvalue weighted by Crippen LogP contribution is -2.07. The van der Waals surface area contributed by atoms with Gasteiger partial charge >= 0.3 is 5.97 Å². The van der Waals surface area contributed by atoms with E-state index in [0.717, 1.165) is 0 Å². The lowest BCUT2D eigenvalue weighted by molar-refractivity contribution is -0.384. The maximum absolute atomic E-state index is 10.7. The molecule has 110 valence electrons. The summed E-state index contributed by atoms with van der Waals surface area (Å²) < 4.78 is 5.42. The van der Waals surface area contributed by atoms with E-state index in [1.165, 1.54) is 18.2 Å². The third kappa shape index (κ3) is 3.85. The predicted octanol–water partition coefficient (Wildman–Crippen LogP) is 2.30. The number of non-ortho nitro benzene ring substituents is 1. The Bertz CT molecular complexity index is 667. The molecule has 1 aromatic heterocycles. The molecule has 0 radical (unpaired) electrons. The van der Waals surface area contributed by atoms with Gasteiger partial charge in [-0.1, -0.05) is 13.0 Å². The number of aromatic nitrogens is 2. The van der Waals surface area contributed by atoms with Gasteiger partial charge in [0, 0.05) is 30.5 Å². The van der Waals surface area contributed by atoms with Crippen molar-refractivity contribution in [3.05, 3.63) is 40.3 Å². The van der Waals surface area contributed by atoms with Crippen molar-refractivity contribution in [3.8, 4) is 11.5 Å². The number of aliphatic carboxylic acids is 1. The minimum Gasteiger partial charge on any atom is -0.481 e. The minimum absolute atomic E-state index is 0.00845. The molecular weight excluding hydrogens is 278 g/mol. The summed E-state index contributed by atoms with van der Waals surface area (Å²) in [5, 5.41) is 27.1. The van der Waals surface area contributed by atoms with Crippen LogP contribution in [0.4, 0.5) is 5.69 Å². The van der Waals surface area contributed by atoms with E-state index in [9.17, 15) is 14.9 Å². The van der Waals surface area contributed by atoms with Gasteiger partial charge in [-0.15, -0.1) is 10.2 Å². The first-order valence-electron chi connectivity index (χ1n) is 6.24. The van der Waals surface area contributed by atoms with Gasteiger partial charge < -0.3 is 9.52 Å². The normalized spacial score (nSPS) is 12.0. The number of carbonyl (C=O) groups is 1. The van der Waals surface area contributed by atoms with Crippen LogP contribution in [0.2, 0.25) is 0 Å². The average molecular weight is 291 g/mol. The van der Waals surface area contributed by atoms with Gasteiger partial charge in [-0.2, -0.15) is 0 Å². The van der Waals surface area contributed by atoms with E-state index in [0.29, 0.717) is 17.9 Å². The second-order valence-corrected chi connectivity index (χ2v) is 4.72. The number of nitrogens with zero attached hydrogens (tertiary/aromatic N) is 3. The van der Waals surface area contributed by atoms with Gasteiger partial charge in [0.1, 0.15) is 0 Å². The van der Waals surface area contributed by atoms with Crippen molar-refractivity contribution in [3.63, 3.8) is 0 Å². The Morgan fingerprint density at radius 1 is 1.48 bits per heavy atom. The topological polar surface area (TPSA) is 119 Å². The fraction of sp³-hybridized carbons (Fsp3) is 0.308. The summed E-state index contributed by atoms with van der Waals surface area (Å²) in [5.74, 6) is -0.539. The van der Waals surface area contributed by atoms with Crippen LogP contribution in [0, 0.1) is 16.0 Å². The van der Waals surface area contributed by atoms with E-state index in [1.807, 2.05) is 0 Å². The molecule has 0 fully saturated rings. The highest BCUT2D eigenvalue weighted by atomic mass is 16.6. The summed E-state index contributed by atoms with van der Waals surface area (Å²) >= 11 is 0. The number of carboxylic acids is 1. The number of hydrogen-bond donors (Lipinski definition) is 1. The molecule has 0 aliphatic rings. The Morgan fingerprint density at radius 2 is 2.24 bits per heavy atom. The second kappa shape index (κ2) is 6.12. The summed E-state index contributed by atoms with van der Waals surface area (Å²) in [6.07, 6.45) is 0.350. The molecule has 0 aliphatic heterocycles. The zero-order valence-corrected chi connectivity index (χ0v) is 11.2. The number of nitro benzene ring substituents is 1. The molecule has 2 rings (SSSR count).